The van der Waals surface area contributed by atoms with Gasteiger partial charge in [0.05, 0.1) is 5.69 Å². The Bertz CT molecular complexity index is 192. The Balaban J connectivity index is 3.00. The van der Waals surface area contributed by atoms with E-state index in [0.717, 1.165) is 6.29 Å². The number of hydrogen-bond donors (Lipinski definition) is 2. The van der Waals surface area contributed by atoms with Crippen LogP contribution in [-0.4, -0.2) is 11.3 Å². The van der Waals surface area contributed by atoms with E-state index in [-0.39, 0.29) is 0 Å². The van der Waals surface area contributed by atoms with Crippen molar-refractivity contribution >= 4 is 12.0 Å². The third-order valence-electron chi connectivity index (χ3n) is 0.855. The molecular formula is C5H6N2O. The minimum Gasteiger partial charge on any atom is -0.397 e. The van der Waals surface area contributed by atoms with Crippen LogP contribution < -0.4 is 5.73 Å². The van der Waals surface area contributed by atoms with Crippen molar-refractivity contribution < 1.29 is 4.79 Å². The molecule has 1 aromatic rings. The largest absolute Gasteiger partial charge is 0.397 e. The molecule has 1 heterocycles. The molecule has 3 heteroatoms. The van der Waals surface area contributed by atoms with E-state index in [1.54, 1.807) is 12.3 Å². The predicted molar refractivity (Wildman–Crippen MR) is 30.6 cm³/mol. The lowest BCUT2D eigenvalue weighted by Gasteiger charge is -1.71. The van der Waals surface area contributed by atoms with E-state index >= 15 is 0 Å². The fraction of sp³-hybridized carbons (Fsp3) is 0. The number of aromatic nitrogens is 1. The van der Waals surface area contributed by atoms with Gasteiger partial charge < -0.3 is 10.7 Å². The molecule has 8 heavy (non-hydrogen) atoms. The lowest BCUT2D eigenvalue weighted by atomic mass is 10.4. The van der Waals surface area contributed by atoms with E-state index < -0.39 is 0 Å². The summed E-state index contributed by atoms with van der Waals surface area (Å²) in [5.41, 5.74) is 6.37. The fourth-order valence-corrected chi connectivity index (χ4v) is 0.498. The molecule has 0 aliphatic heterocycles. The van der Waals surface area contributed by atoms with Gasteiger partial charge >= 0.3 is 0 Å². The number of carbonyl (C=O) groups excluding carboxylic acids is 1. The van der Waals surface area contributed by atoms with Crippen LogP contribution in [0.5, 0.6) is 0 Å². The molecule has 3 N–H and O–H groups in total. The number of aromatic amines is 1. The van der Waals surface area contributed by atoms with Crippen molar-refractivity contribution in [2.45, 2.75) is 0 Å². The average molecular weight is 110 g/mol. The number of aldehydes is 1. The first kappa shape index (κ1) is 4.90. The van der Waals surface area contributed by atoms with Gasteiger partial charge in [-0.05, 0) is 6.07 Å². The summed E-state index contributed by atoms with van der Waals surface area (Å²) in [6.07, 6.45) is 2.29. The lowest BCUT2D eigenvalue weighted by molar-refractivity contribution is 0.111. The molecule has 0 amide bonds. The van der Waals surface area contributed by atoms with Crippen molar-refractivity contribution in [3.63, 3.8) is 0 Å². The summed E-state index contributed by atoms with van der Waals surface area (Å²) in [4.78, 5) is 12.6. The maximum absolute atomic E-state index is 9.93. The van der Waals surface area contributed by atoms with Crippen LogP contribution in [0.1, 0.15) is 10.5 Å². The molecular weight excluding hydrogens is 104 g/mol. The topological polar surface area (TPSA) is 58.9 Å². The zero-order chi connectivity index (χ0) is 5.98. The Morgan fingerprint density at radius 1 is 1.75 bits per heavy atom. The molecule has 0 aromatic carbocycles. The number of nitrogens with one attached hydrogen (secondary N) is 1. The van der Waals surface area contributed by atoms with E-state index in [1.165, 1.54) is 0 Å². The van der Waals surface area contributed by atoms with Gasteiger partial charge in [-0.1, -0.05) is 0 Å². The van der Waals surface area contributed by atoms with Crippen molar-refractivity contribution in [3.05, 3.63) is 18.0 Å². The molecule has 3 nitrogen and oxygen atoms in total. The van der Waals surface area contributed by atoms with Crippen LogP contribution in [-0.2, 0) is 0 Å². The van der Waals surface area contributed by atoms with E-state index in [0.29, 0.717) is 11.4 Å². The van der Waals surface area contributed by atoms with Gasteiger partial charge in [0.2, 0.25) is 0 Å². The Hall–Kier alpha value is -1.25. The van der Waals surface area contributed by atoms with E-state index in [9.17, 15) is 4.79 Å². The summed E-state index contributed by atoms with van der Waals surface area (Å²) < 4.78 is 0. The van der Waals surface area contributed by atoms with E-state index in [1.807, 2.05) is 0 Å². The summed E-state index contributed by atoms with van der Waals surface area (Å²) in [6, 6.07) is 1.58. The van der Waals surface area contributed by atoms with Crippen LogP contribution in [0.15, 0.2) is 12.3 Å². The van der Waals surface area contributed by atoms with Gasteiger partial charge in [0.25, 0.3) is 0 Å². The second-order valence-electron chi connectivity index (χ2n) is 1.51. The first-order chi connectivity index (χ1) is 3.83. The molecule has 0 fully saturated rings. The second kappa shape index (κ2) is 1.69. The highest BCUT2D eigenvalue weighted by Crippen LogP contribution is 2.00. The number of anilines is 1. The number of nitrogens with two attached hydrogens (primary N) is 1. The molecule has 1 aromatic heterocycles. The number of carbonyl (C=O) groups is 1. The maximum atomic E-state index is 9.93. The Labute approximate surface area is 46.5 Å². The van der Waals surface area contributed by atoms with Crippen molar-refractivity contribution in [1.29, 1.82) is 0 Å². The first-order valence-corrected chi connectivity index (χ1v) is 2.22. The summed E-state index contributed by atoms with van der Waals surface area (Å²) >= 11 is 0. The van der Waals surface area contributed by atoms with Gasteiger partial charge in [-0.25, -0.2) is 0 Å². The monoisotopic (exact) mass is 110 g/mol. The lowest BCUT2D eigenvalue weighted by Crippen LogP contribution is -1.76. The number of rotatable bonds is 1. The normalized spacial score (nSPS) is 9.00. The minimum absolute atomic E-state index is 0.516. The fourth-order valence-electron chi connectivity index (χ4n) is 0.498. The van der Waals surface area contributed by atoms with E-state index in [4.69, 9.17) is 5.73 Å². The smallest absolute Gasteiger partial charge is 0.166 e. The standard InChI is InChI=1S/C5H6N2O/c6-4-1-5(3-8)7-2-4/h1-3,7H,6H2. The van der Waals surface area contributed by atoms with E-state index in [2.05, 4.69) is 4.98 Å². The predicted octanol–water partition coefficient (Wildman–Crippen LogP) is 0.409. The molecule has 0 aliphatic carbocycles. The van der Waals surface area contributed by atoms with Crippen LogP contribution in [0, 0.1) is 0 Å². The van der Waals surface area contributed by atoms with Crippen LogP contribution in [0.4, 0.5) is 5.69 Å². The molecule has 1 rings (SSSR count). The molecule has 0 atom stereocenters. The summed E-state index contributed by atoms with van der Waals surface area (Å²) in [7, 11) is 0. The molecule has 0 saturated heterocycles. The highest BCUT2D eigenvalue weighted by molar-refractivity contribution is 5.74. The number of nitrogen functional groups attached to an aromatic ring is 1. The minimum atomic E-state index is 0.516. The third-order valence-corrected chi connectivity index (χ3v) is 0.855. The second-order valence-corrected chi connectivity index (χ2v) is 1.51. The summed E-state index contributed by atoms with van der Waals surface area (Å²) in [6.45, 7) is 0. The summed E-state index contributed by atoms with van der Waals surface area (Å²) in [5.74, 6) is 0. The number of H-pyrrole nitrogens is 1. The quantitative estimate of drug-likeness (QED) is 0.514. The Morgan fingerprint density at radius 3 is 2.75 bits per heavy atom. The van der Waals surface area contributed by atoms with Crippen molar-refractivity contribution in [1.82, 2.24) is 4.98 Å². The van der Waals surface area contributed by atoms with Crippen molar-refractivity contribution in [2.24, 2.45) is 0 Å². The average Bonchev–Trinajstić information content (AvgIpc) is 2.14. The maximum Gasteiger partial charge on any atom is 0.166 e. The summed E-state index contributed by atoms with van der Waals surface area (Å²) in [5, 5.41) is 0. The number of hydrogen-bond acceptors (Lipinski definition) is 2. The van der Waals surface area contributed by atoms with Gasteiger partial charge in [-0.2, -0.15) is 0 Å². The highest BCUT2D eigenvalue weighted by Gasteiger charge is 1.89. The van der Waals surface area contributed by atoms with Gasteiger partial charge in [-0.15, -0.1) is 0 Å². The van der Waals surface area contributed by atoms with Crippen molar-refractivity contribution in [2.75, 3.05) is 5.73 Å². The molecule has 0 saturated carbocycles. The van der Waals surface area contributed by atoms with Gasteiger partial charge in [0, 0.05) is 11.9 Å². The first-order valence-electron chi connectivity index (χ1n) is 2.22. The van der Waals surface area contributed by atoms with Crippen LogP contribution >= 0.6 is 0 Å². The Kier molecular flexibility index (Phi) is 1.04. The molecule has 0 bridgehead atoms. The zero-order valence-electron chi connectivity index (χ0n) is 4.22. The Morgan fingerprint density at radius 2 is 2.50 bits per heavy atom. The molecule has 0 spiro atoms. The van der Waals surface area contributed by atoms with Crippen LogP contribution in [0.3, 0.4) is 0 Å². The van der Waals surface area contributed by atoms with Gasteiger partial charge in [-0.3, -0.25) is 4.79 Å². The molecule has 0 unspecified atom stereocenters. The van der Waals surface area contributed by atoms with Crippen LogP contribution in [0.2, 0.25) is 0 Å². The molecule has 42 valence electrons. The highest BCUT2D eigenvalue weighted by atomic mass is 16.1. The van der Waals surface area contributed by atoms with Crippen molar-refractivity contribution in [3.8, 4) is 0 Å². The SMILES string of the molecule is Nc1c[nH]c(C=O)c1. The van der Waals surface area contributed by atoms with Gasteiger partial charge in [0.15, 0.2) is 6.29 Å². The van der Waals surface area contributed by atoms with Crippen LogP contribution in [0.25, 0.3) is 0 Å². The zero-order valence-corrected chi connectivity index (χ0v) is 4.22. The molecule has 0 radical (unpaired) electrons. The van der Waals surface area contributed by atoms with Gasteiger partial charge in [0.1, 0.15) is 0 Å². The third kappa shape index (κ3) is 0.703. The molecule has 0 aliphatic rings.